The van der Waals surface area contributed by atoms with Crippen LogP contribution in [0.4, 0.5) is 13.2 Å². The highest BCUT2D eigenvalue weighted by Gasteiger charge is 2.42. The normalized spacial score (nSPS) is 22.6. The first-order valence-corrected chi connectivity index (χ1v) is 7.91. The van der Waals surface area contributed by atoms with Crippen LogP contribution in [0.15, 0.2) is 30.3 Å². The average Bonchev–Trinajstić information content (AvgIpc) is 2.54. The van der Waals surface area contributed by atoms with E-state index in [2.05, 4.69) is 5.32 Å². The summed E-state index contributed by atoms with van der Waals surface area (Å²) in [6, 6.07) is 6.17. The van der Waals surface area contributed by atoms with Crippen LogP contribution in [0.25, 0.3) is 0 Å². The first-order chi connectivity index (χ1) is 11.3. The topological polar surface area (TPSA) is 66.4 Å². The zero-order valence-electron chi connectivity index (χ0n) is 13.1. The number of halogens is 3. The number of nitrogens with one attached hydrogen (secondary N) is 1. The molecule has 1 aliphatic rings. The number of carbonyl (C=O) groups excluding carboxylic acids is 1. The van der Waals surface area contributed by atoms with E-state index in [1.54, 1.807) is 30.3 Å². The molecule has 0 heterocycles. The number of amides is 1. The van der Waals surface area contributed by atoms with E-state index in [0.29, 0.717) is 24.8 Å². The molecule has 1 aromatic rings. The molecule has 0 bridgehead atoms. The number of aliphatic carboxylic acids is 1. The molecular formula is C17H20F3NO3. The summed E-state index contributed by atoms with van der Waals surface area (Å²) in [7, 11) is 0. The van der Waals surface area contributed by atoms with Gasteiger partial charge in [0.15, 0.2) is 0 Å². The summed E-state index contributed by atoms with van der Waals surface area (Å²) < 4.78 is 39.7. The quantitative estimate of drug-likeness (QED) is 0.863. The Morgan fingerprint density at radius 1 is 1.17 bits per heavy atom. The lowest BCUT2D eigenvalue weighted by molar-refractivity contribution is -0.163. The maximum absolute atomic E-state index is 13.2. The van der Waals surface area contributed by atoms with E-state index in [4.69, 9.17) is 5.11 Å². The van der Waals surface area contributed by atoms with Crippen LogP contribution in [-0.4, -0.2) is 29.2 Å². The van der Waals surface area contributed by atoms with Crippen LogP contribution in [0.3, 0.4) is 0 Å². The van der Waals surface area contributed by atoms with Crippen molar-refractivity contribution in [2.45, 2.75) is 44.3 Å². The summed E-state index contributed by atoms with van der Waals surface area (Å²) in [5.74, 6) is -3.04. The molecule has 1 fully saturated rings. The molecule has 0 aromatic heterocycles. The predicted molar refractivity (Wildman–Crippen MR) is 81.2 cm³/mol. The lowest BCUT2D eigenvalue weighted by atomic mass is 9.81. The average molecular weight is 343 g/mol. The smallest absolute Gasteiger partial charge is 0.408 e. The van der Waals surface area contributed by atoms with E-state index in [9.17, 15) is 22.8 Å². The van der Waals surface area contributed by atoms with Crippen molar-refractivity contribution in [3.05, 3.63) is 35.9 Å². The second-order valence-electron chi connectivity index (χ2n) is 6.19. The predicted octanol–water partition coefficient (Wildman–Crippen LogP) is 3.17. The molecule has 3 unspecified atom stereocenters. The molecular weight excluding hydrogens is 323 g/mol. The van der Waals surface area contributed by atoms with Gasteiger partial charge in [-0.05, 0) is 24.8 Å². The summed E-state index contributed by atoms with van der Waals surface area (Å²) in [6.45, 7) is 0. The number of rotatable bonds is 5. The summed E-state index contributed by atoms with van der Waals surface area (Å²) >= 11 is 0. The van der Waals surface area contributed by atoms with Crippen molar-refractivity contribution >= 4 is 11.9 Å². The number of carboxylic acids is 1. The Morgan fingerprint density at radius 3 is 2.38 bits per heavy atom. The van der Waals surface area contributed by atoms with Crippen molar-refractivity contribution in [2.24, 2.45) is 11.8 Å². The van der Waals surface area contributed by atoms with Crippen LogP contribution < -0.4 is 5.32 Å². The third-order valence-corrected chi connectivity index (χ3v) is 4.39. The maximum atomic E-state index is 13.2. The van der Waals surface area contributed by atoms with Crippen LogP contribution in [0.2, 0.25) is 0 Å². The van der Waals surface area contributed by atoms with E-state index >= 15 is 0 Å². The first-order valence-electron chi connectivity index (χ1n) is 7.91. The summed E-state index contributed by atoms with van der Waals surface area (Å²) in [5, 5.41) is 11.1. The van der Waals surface area contributed by atoms with Gasteiger partial charge in [-0.25, -0.2) is 0 Å². The van der Waals surface area contributed by atoms with Gasteiger partial charge in [0.05, 0.1) is 5.92 Å². The molecule has 1 aromatic carbocycles. The Kier molecular flexibility index (Phi) is 5.85. The number of hydrogen-bond donors (Lipinski definition) is 2. The van der Waals surface area contributed by atoms with Crippen LogP contribution in [0.1, 0.15) is 31.2 Å². The molecule has 0 spiro atoms. The summed E-state index contributed by atoms with van der Waals surface area (Å²) in [6.07, 6.45) is -3.39. The molecule has 2 rings (SSSR count). The molecule has 0 radical (unpaired) electrons. The van der Waals surface area contributed by atoms with E-state index in [0.717, 1.165) is 0 Å². The summed E-state index contributed by atoms with van der Waals surface area (Å²) in [5.41, 5.74) is 0.479. The van der Waals surface area contributed by atoms with Gasteiger partial charge in [0.25, 0.3) is 0 Å². The molecule has 132 valence electrons. The molecule has 4 nitrogen and oxygen atoms in total. The third-order valence-electron chi connectivity index (χ3n) is 4.39. The molecule has 1 aliphatic carbocycles. The van der Waals surface area contributed by atoms with Gasteiger partial charge in [0, 0.05) is 12.3 Å². The standard InChI is InChI=1S/C17H20F3NO3/c18-17(19,20)14(9-11-5-2-1-3-6-11)21-15(22)12-7-4-8-13(10-12)16(23)24/h1-3,5-6,12-14H,4,7-10H2,(H,21,22)(H,23,24). The van der Waals surface area contributed by atoms with Crippen LogP contribution >= 0.6 is 0 Å². The van der Waals surface area contributed by atoms with Gasteiger partial charge in [0.2, 0.25) is 5.91 Å². The van der Waals surface area contributed by atoms with Crippen LogP contribution in [0, 0.1) is 11.8 Å². The SMILES string of the molecule is O=C(O)C1CCCC(C(=O)NC(Cc2ccccc2)C(F)(F)F)C1. The third kappa shape index (κ3) is 4.97. The minimum atomic E-state index is -4.56. The van der Waals surface area contributed by atoms with E-state index < -0.39 is 35.9 Å². The first kappa shape index (κ1) is 18.3. The van der Waals surface area contributed by atoms with Gasteiger partial charge in [-0.1, -0.05) is 36.8 Å². The fourth-order valence-corrected chi connectivity index (χ4v) is 3.04. The van der Waals surface area contributed by atoms with E-state index in [1.807, 2.05) is 0 Å². The minimum absolute atomic E-state index is 0.0943. The molecule has 0 aliphatic heterocycles. The molecule has 2 N–H and O–H groups in total. The molecule has 24 heavy (non-hydrogen) atoms. The van der Waals surface area contributed by atoms with Gasteiger partial charge in [-0.15, -0.1) is 0 Å². The van der Waals surface area contributed by atoms with Crippen molar-refractivity contribution in [2.75, 3.05) is 0 Å². The Balaban J connectivity index is 2.03. The van der Waals surface area contributed by atoms with Gasteiger partial charge < -0.3 is 10.4 Å². The minimum Gasteiger partial charge on any atom is -0.481 e. The zero-order chi connectivity index (χ0) is 17.7. The number of hydrogen-bond acceptors (Lipinski definition) is 2. The Hall–Kier alpha value is -2.05. The van der Waals surface area contributed by atoms with E-state index in [1.165, 1.54) is 0 Å². The highest BCUT2D eigenvalue weighted by molar-refractivity contribution is 5.80. The summed E-state index contributed by atoms with van der Waals surface area (Å²) in [4.78, 5) is 23.2. The number of carbonyl (C=O) groups is 2. The maximum Gasteiger partial charge on any atom is 0.408 e. The largest absolute Gasteiger partial charge is 0.481 e. The van der Waals surface area contributed by atoms with Gasteiger partial charge in [0.1, 0.15) is 6.04 Å². The van der Waals surface area contributed by atoms with Gasteiger partial charge in [-0.3, -0.25) is 9.59 Å². The Labute approximate surface area is 138 Å². The lowest BCUT2D eigenvalue weighted by Gasteiger charge is -2.28. The Morgan fingerprint density at radius 2 is 1.79 bits per heavy atom. The molecule has 0 saturated heterocycles. The molecule has 1 saturated carbocycles. The van der Waals surface area contributed by atoms with Gasteiger partial charge in [-0.2, -0.15) is 13.2 Å². The van der Waals surface area contributed by atoms with Gasteiger partial charge >= 0.3 is 12.1 Å². The second kappa shape index (κ2) is 7.68. The fraction of sp³-hybridized carbons (Fsp3) is 0.529. The van der Waals surface area contributed by atoms with Crippen molar-refractivity contribution in [3.63, 3.8) is 0 Å². The van der Waals surface area contributed by atoms with Crippen molar-refractivity contribution in [3.8, 4) is 0 Å². The number of alkyl halides is 3. The van der Waals surface area contributed by atoms with Crippen molar-refractivity contribution < 1.29 is 27.9 Å². The Bertz CT molecular complexity index is 574. The van der Waals surface area contributed by atoms with Crippen molar-refractivity contribution in [1.29, 1.82) is 0 Å². The number of carboxylic acid groups (broad SMARTS) is 1. The number of benzene rings is 1. The highest BCUT2D eigenvalue weighted by Crippen LogP contribution is 2.30. The second-order valence-corrected chi connectivity index (χ2v) is 6.19. The monoisotopic (exact) mass is 343 g/mol. The van der Waals surface area contributed by atoms with Crippen LogP contribution in [-0.2, 0) is 16.0 Å². The zero-order valence-corrected chi connectivity index (χ0v) is 13.1. The van der Waals surface area contributed by atoms with Crippen molar-refractivity contribution in [1.82, 2.24) is 5.32 Å². The molecule has 7 heteroatoms. The highest BCUT2D eigenvalue weighted by atomic mass is 19.4. The fourth-order valence-electron chi connectivity index (χ4n) is 3.04. The van der Waals surface area contributed by atoms with E-state index in [-0.39, 0.29) is 12.8 Å². The van der Waals surface area contributed by atoms with Crippen LogP contribution in [0.5, 0.6) is 0 Å². The molecule has 1 amide bonds. The molecule has 3 atom stereocenters. The lowest BCUT2D eigenvalue weighted by Crippen LogP contribution is -2.49.